The summed E-state index contributed by atoms with van der Waals surface area (Å²) in [6.45, 7) is 0. The lowest BCUT2D eigenvalue weighted by Gasteiger charge is -2.05. The van der Waals surface area contributed by atoms with E-state index in [0.29, 0.717) is 5.82 Å². The highest BCUT2D eigenvalue weighted by atomic mass is 32.2. The Kier molecular flexibility index (Phi) is 3.55. The molecule has 0 saturated heterocycles. The van der Waals surface area contributed by atoms with Crippen LogP contribution in [0.15, 0.2) is 46.3 Å². The number of nitrogens with two attached hydrogens (primary N) is 1. The van der Waals surface area contributed by atoms with Crippen LogP contribution >= 0.6 is 11.8 Å². The highest BCUT2D eigenvalue weighted by Crippen LogP contribution is 2.30. The van der Waals surface area contributed by atoms with Gasteiger partial charge in [-0.3, -0.25) is 0 Å². The second kappa shape index (κ2) is 5.11. The summed E-state index contributed by atoms with van der Waals surface area (Å²) in [5.74, 6) is 4.74. The minimum atomic E-state index is -0.472. The number of pyridine rings is 1. The van der Waals surface area contributed by atoms with Crippen molar-refractivity contribution in [2.45, 2.75) is 9.79 Å². The van der Waals surface area contributed by atoms with Crippen molar-refractivity contribution in [3.05, 3.63) is 48.2 Å². The van der Waals surface area contributed by atoms with Gasteiger partial charge in [-0.15, -0.1) is 0 Å². The molecule has 3 nitrogen and oxygen atoms in total. The number of hydrogen-bond acceptors (Lipinski definition) is 4. The van der Waals surface area contributed by atoms with E-state index in [1.54, 1.807) is 12.1 Å². The molecule has 0 aliphatic carbocycles. The van der Waals surface area contributed by atoms with E-state index in [-0.39, 0.29) is 4.90 Å². The lowest BCUT2D eigenvalue weighted by atomic mass is 10.3. The van der Waals surface area contributed by atoms with Crippen molar-refractivity contribution in [1.82, 2.24) is 4.98 Å². The van der Waals surface area contributed by atoms with E-state index in [0.717, 1.165) is 34.9 Å². The normalized spacial score (nSPS) is 10.3. The molecule has 1 heterocycles. The average molecular weight is 253 g/mol. The number of anilines is 1. The Hall–Kier alpha value is -1.66. The van der Waals surface area contributed by atoms with Gasteiger partial charge in [-0.05, 0) is 30.3 Å². The molecule has 0 atom stereocenters. The van der Waals surface area contributed by atoms with E-state index in [4.69, 9.17) is 5.84 Å². The number of nitrogen functional groups attached to an aromatic ring is 1. The zero-order valence-corrected chi connectivity index (χ0v) is 9.47. The van der Waals surface area contributed by atoms with Crippen LogP contribution in [0, 0.1) is 11.6 Å². The first-order chi connectivity index (χ1) is 8.19. The summed E-state index contributed by atoms with van der Waals surface area (Å²) in [4.78, 5) is 4.86. The Labute approximate surface area is 101 Å². The summed E-state index contributed by atoms with van der Waals surface area (Å²) in [5, 5.41) is 0. The van der Waals surface area contributed by atoms with Crippen LogP contribution in [0.25, 0.3) is 0 Å². The topological polar surface area (TPSA) is 50.9 Å². The standard InChI is InChI=1S/C11H9F2N3S/c12-7-1-2-9(13)10(5-7)17-8-3-4-15-11(6-8)16-14/h1-6H,14H2,(H,15,16). The van der Waals surface area contributed by atoms with Gasteiger partial charge < -0.3 is 5.43 Å². The number of aromatic nitrogens is 1. The molecule has 1 aromatic heterocycles. The van der Waals surface area contributed by atoms with E-state index in [9.17, 15) is 8.78 Å². The van der Waals surface area contributed by atoms with Crippen LogP contribution in [-0.2, 0) is 0 Å². The molecule has 17 heavy (non-hydrogen) atoms. The van der Waals surface area contributed by atoms with Crippen molar-refractivity contribution in [3.63, 3.8) is 0 Å². The fraction of sp³-hybridized carbons (Fsp3) is 0. The Bertz CT molecular complexity index is 534. The van der Waals surface area contributed by atoms with E-state index in [2.05, 4.69) is 10.4 Å². The number of hydrazine groups is 1. The first-order valence-electron chi connectivity index (χ1n) is 4.74. The summed E-state index contributed by atoms with van der Waals surface area (Å²) < 4.78 is 26.4. The minimum Gasteiger partial charge on any atom is -0.308 e. The summed E-state index contributed by atoms with van der Waals surface area (Å²) in [5.41, 5.74) is 2.39. The van der Waals surface area contributed by atoms with Crippen molar-refractivity contribution >= 4 is 17.6 Å². The zero-order valence-electron chi connectivity index (χ0n) is 8.65. The molecule has 2 aromatic rings. The van der Waals surface area contributed by atoms with Gasteiger partial charge >= 0.3 is 0 Å². The number of hydrogen-bond donors (Lipinski definition) is 2. The summed E-state index contributed by atoms with van der Waals surface area (Å²) in [7, 11) is 0. The Balaban J connectivity index is 2.27. The van der Waals surface area contributed by atoms with Crippen LogP contribution in [0.3, 0.4) is 0 Å². The third kappa shape index (κ3) is 2.92. The molecule has 0 spiro atoms. The molecule has 0 bridgehead atoms. The third-order valence-electron chi connectivity index (χ3n) is 2.00. The molecule has 0 radical (unpaired) electrons. The third-order valence-corrected chi connectivity index (χ3v) is 3.02. The number of nitrogens with zero attached hydrogens (tertiary/aromatic N) is 1. The Morgan fingerprint density at radius 1 is 1.18 bits per heavy atom. The average Bonchev–Trinajstić information content (AvgIpc) is 2.34. The molecule has 88 valence electrons. The first kappa shape index (κ1) is 11.8. The maximum atomic E-state index is 13.4. The molecule has 0 unspecified atom stereocenters. The summed E-state index contributed by atoms with van der Waals surface area (Å²) in [6, 6.07) is 6.67. The van der Waals surface area contributed by atoms with Crippen molar-refractivity contribution in [2.75, 3.05) is 5.43 Å². The van der Waals surface area contributed by atoms with Crippen LogP contribution in [0.2, 0.25) is 0 Å². The van der Waals surface area contributed by atoms with Gasteiger partial charge in [-0.1, -0.05) is 11.8 Å². The van der Waals surface area contributed by atoms with Crippen LogP contribution in [0.5, 0.6) is 0 Å². The second-order valence-electron chi connectivity index (χ2n) is 3.20. The lowest BCUT2D eigenvalue weighted by molar-refractivity contribution is 0.577. The monoisotopic (exact) mass is 253 g/mol. The molecular formula is C11H9F2N3S. The maximum Gasteiger partial charge on any atom is 0.140 e. The molecule has 0 aliphatic heterocycles. The van der Waals surface area contributed by atoms with E-state index < -0.39 is 11.6 Å². The molecule has 3 N–H and O–H groups in total. The maximum absolute atomic E-state index is 13.4. The Morgan fingerprint density at radius 3 is 2.76 bits per heavy atom. The second-order valence-corrected chi connectivity index (χ2v) is 4.31. The molecule has 0 amide bonds. The fourth-order valence-electron chi connectivity index (χ4n) is 1.24. The van der Waals surface area contributed by atoms with Gasteiger partial charge in [0.2, 0.25) is 0 Å². The molecule has 1 aromatic carbocycles. The van der Waals surface area contributed by atoms with Gasteiger partial charge in [0.25, 0.3) is 0 Å². The van der Waals surface area contributed by atoms with Crippen molar-refractivity contribution in [3.8, 4) is 0 Å². The number of halogens is 2. The number of benzene rings is 1. The summed E-state index contributed by atoms with van der Waals surface area (Å²) in [6.07, 6.45) is 1.54. The van der Waals surface area contributed by atoms with Gasteiger partial charge in [-0.25, -0.2) is 19.6 Å². The van der Waals surface area contributed by atoms with Crippen LogP contribution < -0.4 is 11.3 Å². The van der Waals surface area contributed by atoms with Gasteiger partial charge in [0.05, 0.1) is 4.90 Å². The molecule has 2 rings (SSSR count). The van der Waals surface area contributed by atoms with Crippen LogP contribution in [-0.4, -0.2) is 4.98 Å². The first-order valence-corrected chi connectivity index (χ1v) is 5.56. The van der Waals surface area contributed by atoms with Crippen molar-refractivity contribution in [2.24, 2.45) is 5.84 Å². The Morgan fingerprint density at radius 2 is 2.00 bits per heavy atom. The van der Waals surface area contributed by atoms with Crippen molar-refractivity contribution < 1.29 is 8.78 Å². The predicted octanol–water partition coefficient (Wildman–Crippen LogP) is 2.80. The smallest absolute Gasteiger partial charge is 0.140 e. The van der Waals surface area contributed by atoms with E-state index in [1.165, 1.54) is 6.20 Å². The molecule has 0 aliphatic rings. The lowest BCUT2D eigenvalue weighted by Crippen LogP contribution is -2.07. The molecular weight excluding hydrogens is 244 g/mol. The SMILES string of the molecule is NNc1cc(Sc2cc(F)ccc2F)ccn1. The number of nitrogens with one attached hydrogen (secondary N) is 1. The summed E-state index contributed by atoms with van der Waals surface area (Å²) >= 11 is 1.11. The predicted molar refractivity (Wildman–Crippen MR) is 62.5 cm³/mol. The van der Waals surface area contributed by atoms with Gasteiger partial charge in [0, 0.05) is 11.1 Å². The molecule has 0 saturated carbocycles. The quantitative estimate of drug-likeness (QED) is 0.652. The van der Waals surface area contributed by atoms with Crippen LogP contribution in [0.4, 0.5) is 14.6 Å². The van der Waals surface area contributed by atoms with Gasteiger partial charge in [0.15, 0.2) is 0 Å². The largest absolute Gasteiger partial charge is 0.308 e. The highest BCUT2D eigenvalue weighted by Gasteiger charge is 2.06. The highest BCUT2D eigenvalue weighted by molar-refractivity contribution is 7.99. The van der Waals surface area contributed by atoms with Gasteiger partial charge in [0.1, 0.15) is 17.5 Å². The zero-order chi connectivity index (χ0) is 12.3. The molecule has 0 fully saturated rings. The van der Waals surface area contributed by atoms with E-state index in [1.807, 2.05) is 0 Å². The molecule has 6 heteroatoms. The minimum absolute atomic E-state index is 0.221. The van der Waals surface area contributed by atoms with Crippen LogP contribution in [0.1, 0.15) is 0 Å². The number of rotatable bonds is 3. The van der Waals surface area contributed by atoms with Gasteiger partial charge in [-0.2, -0.15) is 0 Å². The van der Waals surface area contributed by atoms with Crippen molar-refractivity contribution in [1.29, 1.82) is 0 Å². The van der Waals surface area contributed by atoms with E-state index >= 15 is 0 Å². The fourth-order valence-corrected chi connectivity index (χ4v) is 2.13.